The van der Waals surface area contributed by atoms with E-state index in [1.165, 1.54) is 0 Å². The molecule has 0 N–H and O–H groups in total. The van der Waals surface area contributed by atoms with Crippen LogP contribution in [-0.4, -0.2) is 43.0 Å². The van der Waals surface area contributed by atoms with Gasteiger partial charge in [-0.1, -0.05) is 0 Å². The highest BCUT2D eigenvalue weighted by Gasteiger charge is 2.27. The van der Waals surface area contributed by atoms with Crippen LogP contribution in [0, 0.1) is 11.6 Å². The van der Waals surface area contributed by atoms with E-state index in [9.17, 15) is 13.6 Å². The summed E-state index contributed by atoms with van der Waals surface area (Å²) in [4.78, 5) is 14.0. The first-order valence-electron chi connectivity index (χ1n) is 6.78. The van der Waals surface area contributed by atoms with Crippen molar-refractivity contribution in [1.82, 2.24) is 4.90 Å². The lowest BCUT2D eigenvalue weighted by molar-refractivity contribution is 0.0793. The van der Waals surface area contributed by atoms with Crippen LogP contribution in [0.2, 0.25) is 0 Å². The molecule has 0 aliphatic carbocycles. The fourth-order valence-electron chi connectivity index (χ4n) is 2.60. The smallest absolute Gasteiger partial charge is 0.164 e. The van der Waals surface area contributed by atoms with Crippen LogP contribution in [0.15, 0.2) is 18.2 Å². The maximum atomic E-state index is 13.1. The highest BCUT2D eigenvalue weighted by atomic mass is 19.1. The number of hydrogen-bond donors (Lipinski definition) is 0. The van der Waals surface area contributed by atoms with E-state index in [2.05, 4.69) is 4.90 Å². The number of likely N-dealkylation sites (N-methyl/N-ethyl adjacent to an activating group) is 1. The highest BCUT2D eigenvalue weighted by Crippen LogP contribution is 2.19. The predicted molar refractivity (Wildman–Crippen MR) is 71.8 cm³/mol. The monoisotopic (exact) mass is 283 g/mol. The summed E-state index contributed by atoms with van der Waals surface area (Å²) >= 11 is 0. The Labute approximate surface area is 117 Å². The fourth-order valence-corrected chi connectivity index (χ4v) is 2.60. The molecule has 2 rings (SSSR count). The summed E-state index contributed by atoms with van der Waals surface area (Å²) in [5.41, 5.74) is 0.0895. The minimum atomic E-state index is -0.723. The van der Waals surface area contributed by atoms with Crippen molar-refractivity contribution in [3.8, 4) is 0 Å². The third kappa shape index (κ3) is 3.61. The minimum absolute atomic E-state index is 0.0895. The van der Waals surface area contributed by atoms with E-state index < -0.39 is 11.6 Å². The fraction of sp³-hybridized carbons (Fsp3) is 0.533. The van der Waals surface area contributed by atoms with E-state index in [1.54, 1.807) is 0 Å². The van der Waals surface area contributed by atoms with Gasteiger partial charge in [0.2, 0.25) is 0 Å². The number of hydrogen-bond acceptors (Lipinski definition) is 3. The number of benzene rings is 1. The van der Waals surface area contributed by atoms with Gasteiger partial charge in [-0.3, -0.25) is 4.79 Å². The molecule has 2 unspecified atom stereocenters. The number of Topliss-reactive ketones (excluding diaryl/α,β-unsaturated/α-hetero) is 1. The van der Waals surface area contributed by atoms with Gasteiger partial charge in [0.05, 0.1) is 6.10 Å². The quantitative estimate of drug-likeness (QED) is 0.778. The Kier molecular flexibility index (Phi) is 4.83. The van der Waals surface area contributed by atoms with Crippen molar-refractivity contribution in [2.45, 2.75) is 31.9 Å². The number of halogens is 2. The van der Waals surface area contributed by atoms with E-state index in [-0.39, 0.29) is 23.9 Å². The van der Waals surface area contributed by atoms with Crippen molar-refractivity contribution in [3.63, 3.8) is 0 Å². The van der Waals surface area contributed by atoms with Gasteiger partial charge in [-0.2, -0.15) is 0 Å². The van der Waals surface area contributed by atoms with Crippen molar-refractivity contribution < 1.29 is 18.3 Å². The Bertz CT molecular complexity index is 473. The molecular weight excluding hydrogens is 264 g/mol. The van der Waals surface area contributed by atoms with Crippen LogP contribution in [0.3, 0.4) is 0 Å². The Balaban J connectivity index is 1.91. The van der Waals surface area contributed by atoms with Gasteiger partial charge in [-0.15, -0.1) is 0 Å². The second-order valence-corrected chi connectivity index (χ2v) is 5.24. The molecule has 1 aromatic carbocycles. The van der Waals surface area contributed by atoms with E-state index in [1.807, 2.05) is 14.0 Å². The first kappa shape index (κ1) is 15.1. The molecule has 1 aromatic rings. The average Bonchev–Trinajstić information content (AvgIpc) is 2.80. The molecule has 0 aromatic heterocycles. The molecule has 1 fully saturated rings. The summed E-state index contributed by atoms with van der Waals surface area (Å²) in [6, 6.07) is 3.21. The van der Waals surface area contributed by atoms with Gasteiger partial charge in [-0.25, -0.2) is 8.78 Å². The lowest BCUT2D eigenvalue weighted by Crippen LogP contribution is -2.37. The average molecular weight is 283 g/mol. The molecule has 5 heteroatoms. The highest BCUT2D eigenvalue weighted by molar-refractivity contribution is 5.96. The number of rotatable bonds is 5. The van der Waals surface area contributed by atoms with Crippen LogP contribution in [0.1, 0.15) is 30.1 Å². The first-order valence-corrected chi connectivity index (χ1v) is 6.78. The standard InChI is InChI=1S/C15H19F2NO2/c1-10-14(4-6-20-10)18(2)5-3-15(19)11-7-12(16)9-13(17)8-11/h7-10,14H,3-6H2,1-2H3. The van der Waals surface area contributed by atoms with Crippen molar-refractivity contribution in [1.29, 1.82) is 0 Å². The summed E-state index contributed by atoms with van der Waals surface area (Å²) in [5, 5.41) is 0. The third-order valence-corrected chi connectivity index (χ3v) is 3.78. The zero-order valence-electron chi connectivity index (χ0n) is 11.7. The van der Waals surface area contributed by atoms with Gasteiger partial charge in [0, 0.05) is 37.2 Å². The van der Waals surface area contributed by atoms with Crippen LogP contribution in [-0.2, 0) is 4.74 Å². The first-order chi connectivity index (χ1) is 9.47. The van der Waals surface area contributed by atoms with E-state index in [4.69, 9.17) is 4.74 Å². The summed E-state index contributed by atoms with van der Waals surface area (Å²) in [6.45, 7) is 3.30. The lowest BCUT2D eigenvalue weighted by atomic mass is 10.1. The molecule has 110 valence electrons. The van der Waals surface area contributed by atoms with E-state index >= 15 is 0 Å². The van der Waals surface area contributed by atoms with Gasteiger partial charge >= 0.3 is 0 Å². The molecule has 0 saturated carbocycles. The largest absolute Gasteiger partial charge is 0.377 e. The summed E-state index contributed by atoms with van der Waals surface area (Å²) in [6.07, 6.45) is 1.34. The second kappa shape index (κ2) is 6.41. The topological polar surface area (TPSA) is 29.5 Å². The Morgan fingerprint density at radius 2 is 2.00 bits per heavy atom. The number of carbonyl (C=O) groups excluding carboxylic acids is 1. The Hall–Kier alpha value is -1.33. The Morgan fingerprint density at radius 3 is 2.55 bits per heavy atom. The molecule has 1 saturated heterocycles. The normalized spacial score (nSPS) is 22.4. The second-order valence-electron chi connectivity index (χ2n) is 5.24. The summed E-state index contributed by atoms with van der Waals surface area (Å²) in [7, 11) is 1.94. The van der Waals surface area contributed by atoms with Crippen LogP contribution in [0.5, 0.6) is 0 Å². The predicted octanol–water partition coefficient (Wildman–Crippen LogP) is 2.65. The summed E-state index contributed by atoms with van der Waals surface area (Å²) < 4.78 is 31.6. The molecule has 0 spiro atoms. The van der Waals surface area contributed by atoms with E-state index in [0.717, 1.165) is 31.2 Å². The molecule has 0 bridgehead atoms. The van der Waals surface area contributed by atoms with Gasteiger partial charge < -0.3 is 9.64 Å². The molecule has 2 atom stereocenters. The van der Waals surface area contributed by atoms with Gasteiger partial charge in [0.1, 0.15) is 11.6 Å². The van der Waals surface area contributed by atoms with Gasteiger partial charge in [-0.05, 0) is 32.5 Å². The van der Waals surface area contributed by atoms with Crippen molar-refractivity contribution in [2.24, 2.45) is 0 Å². The number of nitrogens with zero attached hydrogens (tertiary/aromatic N) is 1. The number of ether oxygens (including phenoxy) is 1. The molecule has 1 aliphatic heterocycles. The SMILES string of the molecule is CC1OCCC1N(C)CCC(=O)c1cc(F)cc(F)c1. The molecule has 3 nitrogen and oxygen atoms in total. The molecule has 1 heterocycles. The van der Waals surface area contributed by atoms with Crippen molar-refractivity contribution in [3.05, 3.63) is 35.4 Å². The van der Waals surface area contributed by atoms with Crippen LogP contribution in [0.4, 0.5) is 8.78 Å². The molecule has 0 amide bonds. The number of ketones is 1. The van der Waals surface area contributed by atoms with Gasteiger partial charge in [0.25, 0.3) is 0 Å². The molecule has 1 aliphatic rings. The third-order valence-electron chi connectivity index (χ3n) is 3.78. The zero-order valence-corrected chi connectivity index (χ0v) is 11.7. The van der Waals surface area contributed by atoms with Crippen LogP contribution in [0.25, 0.3) is 0 Å². The molecular formula is C15H19F2NO2. The minimum Gasteiger partial charge on any atom is -0.377 e. The Morgan fingerprint density at radius 1 is 1.35 bits per heavy atom. The molecule has 0 radical (unpaired) electrons. The van der Waals surface area contributed by atoms with Crippen LogP contribution >= 0.6 is 0 Å². The summed E-state index contributed by atoms with van der Waals surface area (Å²) in [5.74, 6) is -1.69. The van der Waals surface area contributed by atoms with Crippen LogP contribution < -0.4 is 0 Å². The van der Waals surface area contributed by atoms with Gasteiger partial charge in [0.15, 0.2) is 5.78 Å². The van der Waals surface area contributed by atoms with Crippen molar-refractivity contribution >= 4 is 5.78 Å². The van der Waals surface area contributed by atoms with Crippen molar-refractivity contribution in [2.75, 3.05) is 20.2 Å². The van der Waals surface area contributed by atoms with E-state index in [0.29, 0.717) is 12.6 Å². The zero-order chi connectivity index (χ0) is 14.7. The maximum Gasteiger partial charge on any atom is 0.164 e. The number of carbonyl (C=O) groups is 1. The molecule has 20 heavy (non-hydrogen) atoms. The maximum absolute atomic E-state index is 13.1. The lowest BCUT2D eigenvalue weighted by Gasteiger charge is -2.26.